The molecule has 0 atom stereocenters. The molecule has 0 radical (unpaired) electrons. The third kappa shape index (κ3) is 2.73. The van der Waals surface area contributed by atoms with Crippen LogP contribution in [0.3, 0.4) is 0 Å². The molecule has 126 valence electrons. The number of hydrogen-bond acceptors (Lipinski definition) is 3. The molecule has 0 N–H and O–H groups in total. The van der Waals surface area contributed by atoms with Gasteiger partial charge in [-0.3, -0.25) is 9.36 Å². The monoisotopic (exact) mass is 338 g/mol. The van der Waals surface area contributed by atoms with Crippen molar-refractivity contribution in [1.29, 1.82) is 0 Å². The van der Waals surface area contributed by atoms with Gasteiger partial charge in [0.05, 0.1) is 12.2 Å². The number of fused-ring (bicyclic) bond motifs is 1. The molecule has 0 saturated carbocycles. The van der Waals surface area contributed by atoms with Gasteiger partial charge >= 0.3 is 5.69 Å². The average Bonchev–Trinajstić information content (AvgIpc) is 2.98. The van der Waals surface area contributed by atoms with E-state index in [-0.39, 0.29) is 24.0 Å². The molecule has 1 aliphatic heterocycles. The lowest BCUT2D eigenvalue weighted by atomic mass is 10.2. The van der Waals surface area contributed by atoms with E-state index in [9.17, 15) is 14.0 Å². The Bertz CT molecular complexity index is 977. The predicted molar refractivity (Wildman–Crippen MR) is 89.0 cm³/mol. The van der Waals surface area contributed by atoms with Gasteiger partial charge in [0.1, 0.15) is 5.82 Å². The van der Waals surface area contributed by atoms with Gasteiger partial charge in [-0.2, -0.15) is 4.68 Å². The summed E-state index contributed by atoms with van der Waals surface area (Å²) in [6.45, 7) is 1.08. The molecule has 3 aromatic rings. The Kier molecular flexibility index (Phi) is 3.68. The molecule has 0 aliphatic carbocycles. The molecule has 1 aliphatic rings. The fraction of sp³-hybridized carbons (Fsp3) is 0.167. The van der Waals surface area contributed by atoms with Crippen molar-refractivity contribution in [1.82, 2.24) is 19.2 Å². The fourth-order valence-electron chi connectivity index (χ4n) is 2.94. The van der Waals surface area contributed by atoms with Crippen molar-refractivity contribution in [2.45, 2.75) is 13.1 Å². The molecule has 2 heterocycles. The lowest BCUT2D eigenvalue weighted by Crippen LogP contribution is -2.40. The Morgan fingerprint density at radius 3 is 2.44 bits per heavy atom. The van der Waals surface area contributed by atoms with E-state index in [1.165, 1.54) is 28.9 Å². The zero-order chi connectivity index (χ0) is 17.4. The topological polar surface area (TPSA) is 60.1 Å². The van der Waals surface area contributed by atoms with Crippen LogP contribution in [0.5, 0.6) is 0 Å². The van der Waals surface area contributed by atoms with E-state index in [1.807, 2.05) is 18.2 Å². The summed E-state index contributed by atoms with van der Waals surface area (Å²) in [6, 6.07) is 14.6. The van der Waals surface area contributed by atoms with Gasteiger partial charge in [0, 0.05) is 18.7 Å². The molecule has 0 unspecified atom stereocenters. The minimum atomic E-state index is -0.375. The van der Waals surface area contributed by atoms with E-state index in [0.717, 1.165) is 0 Å². The molecule has 0 fully saturated rings. The van der Waals surface area contributed by atoms with Crippen LogP contribution in [-0.4, -0.2) is 31.7 Å². The minimum absolute atomic E-state index is 0.0874. The highest BCUT2D eigenvalue weighted by molar-refractivity contribution is 5.94. The van der Waals surface area contributed by atoms with E-state index >= 15 is 0 Å². The number of aromatic nitrogens is 3. The van der Waals surface area contributed by atoms with Gasteiger partial charge in [0.25, 0.3) is 5.91 Å². The summed E-state index contributed by atoms with van der Waals surface area (Å²) in [5.41, 5.74) is 0.818. The van der Waals surface area contributed by atoms with Gasteiger partial charge in [0.15, 0.2) is 5.82 Å². The smallest absolute Gasteiger partial charge is 0.329 e. The van der Waals surface area contributed by atoms with E-state index in [2.05, 4.69) is 5.10 Å². The van der Waals surface area contributed by atoms with Crippen molar-refractivity contribution < 1.29 is 9.18 Å². The maximum atomic E-state index is 13.1. The van der Waals surface area contributed by atoms with Gasteiger partial charge in [-0.05, 0) is 36.4 Å². The minimum Gasteiger partial charge on any atom is -0.329 e. The highest BCUT2D eigenvalue weighted by Gasteiger charge is 2.26. The Labute approximate surface area is 142 Å². The summed E-state index contributed by atoms with van der Waals surface area (Å²) in [5.74, 6) is 0.0564. The Balaban J connectivity index is 1.64. The number of carbonyl (C=O) groups excluding carboxylic acids is 1. The highest BCUT2D eigenvalue weighted by Crippen LogP contribution is 2.14. The zero-order valence-corrected chi connectivity index (χ0v) is 13.3. The van der Waals surface area contributed by atoms with Crippen LogP contribution in [0.2, 0.25) is 0 Å². The number of nitrogens with zero attached hydrogens (tertiary/aromatic N) is 4. The van der Waals surface area contributed by atoms with Crippen molar-refractivity contribution in [3.63, 3.8) is 0 Å². The lowest BCUT2D eigenvalue weighted by molar-refractivity contribution is 0.0706. The second-order valence-corrected chi connectivity index (χ2v) is 5.83. The number of benzene rings is 2. The highest BCUT2D eigenvalue weighted by atomic mass is 19.1. The van der Waals surface area contributed by atoms with Crippen LogP contribution in [-0.2, 0) is 13.1 Å². The molecule has 25 heavy (non-hydrogen) atoms. The van der Waals surface area contributed by atoms with Gasteiger partial charge in [-0.15, -0.1) is 5.10 Å². The number of rotatable bonds is 2. The summed E-state index contributed by atoms with van der Waals surface area (Å²) >= 11 is 0. The van der Waals surface area contributed by atoms with Crippen molar-refractivity contribution in [2.75, 3.05) is 6.54 Å². The Hall–Kier alpha value is -3.22. The molecule has 6 nitrogen and oxygen atoms in total. The fourth-order valence-corrected chi connectivity index (χ4v) is 2.94. The first kappa shape index (κ1) is 15.3. The molecular formula is C18H15FN4O2. The first-order chi connectivity index (χ1) is 12.1. The summed E-state index contributed by atoms with van der Waals surface area (Å²) in [5, 5.41) is 4.33. The Morgan fingerprint density at radius 1 is 1.00 bits per heavy atom. The van der Waals surface area contributed by atoms with E-state index in [0.29, 0.717) is 30.2 Å². The zero-order valence-electron chi connectivity index (χ0n) is 13.3. The third-order valence-corrected chi connectivity index (χ3v) is 4.24. The lowest BCUT2D eigenvalue weighted by Gasteiger charge is -2.26. The number of halogens is 1. The number of hydrogen-bond donors (Lipinski definition) is 0. The quantitative estimate of drug-likeness (QED) is 0.716. The second kappa shape index (κ2) is 6.01. The van der Waals surface area contributed by atoms with Crippen LogP contribution < -0.4 is 5.69 Å². The van der Waals surface area contributed by atoms with Gasteiger partial charge in [-0.1, -0.05) is 18.2 Å². The average molecular weight is 338 g/mol. The molecule has 1 amide bonds. The number of amides is 1. The molecule has 2 aromatic carbocycles. The Morgan fingerprint density at radius 2 is 1.72 bits per heavy atom. The SMILES string of the molecule is O=C(c1ccccc1)N1CCn2c(nn(-c3ccc(F)cc3)c2=O)C1. The first-order valence-corrected chi connectivity index (χ1v) is 7.92. The molecular weight excluding hydrogens is 323 g/mol. The van der Waals surface area contributed by atoms with Crippen LogP contribution in [0, 0.1) is 5.82 Å². The van der Waals surface area contributed by atoms with Crippen LogP contribution in [0.4, 0.5) is 4.39 Å². The van der Waals surface area contributed by atoms with Gasteiger partial charge in [0.2, 0.25) is 0 Å². The summed E-state index contributed by atoms with van der Waals surface area (Å²) in [7, 11) is 0. The largest absolute Gasteiger partial charge is 0.350 e. The van der Waals surface area contributed by atoms with Gasteiger partial charge < -0.3 is 4.90 Å². The summed E-state index contributed by atoms with van der Waals surface area (Å²) in [6.07, 6.45) is 0. The number of carbonyl (C=O) groups is 1. The molecule has 0 bridgehead atoms. The van der Waals surface area contributed by atoms with Crippen LogP contribution in [0.1, 0.15) is 16.2 Å². The maximum absolute atomic E-state index is 13.1. The van der Waals surface area contributed by atoms with Crippen molar-refractivity contribution in [3.8, 4) is 5.69 Å². The van der Waals surface area contributed by atoms with Crippen LogP contribution in [0.25, 0.3) is 5.69 Å². The second-order valence-electron chi connectivity index (χ2n) is 5.83. The van der Waals surface area contributed by atoms with Crippen molar-refractivity contribution in [2.24, 2.45) is 0 Å². The van der Waals surface area contributed by atoms with E-state index in [1.54, 1.807) is 21.6 Å². The maximum Gasteiger partial charge on any atom is 0.350 e. The molecule has 1 aromatic heterocycles. The van der Waals surface area contributed by atoms with Crippen LogP contribution >= 0.6 is 0 Å². The normalized spacial score (nSPS) is 13.6. The molecule has 0 spiro atoms. The predicted octanol–water partition coefficient (Wildman–Crippen LogP) is 1.83. The van der Waals surface area contributed by atoms with E-state index in [4.69, 9.17) is 0 Å². The summed E-state index contributed by atoms with van der Waals surface area (Å²) in [4.78, 5) is 26.8. The van der Waals surface area contributed by atoms with Crippen LogP contribution in [0.15, 0.2) is 59.4 Å². The standard InChI is InChI=1S/C18H15FN4O2/c19-14-6-8-15(9-7-14)23-18(25)22-11-10-21(12-16(22)20-23)17(24)13-4-2-1-3-5-13/h1-9H,10-12H2. The van der Waals surface area contributed by atoms with Crippen molar-refractivity contribution in [3.05, 3.63) is 82.3 Å². The third-order valence-electron chi connectivity index (χ3n) is 4.24. The van der Waals surface area contributed by atoms with Crippen molar-refractivity contribution >= 4 is 5.91 Å². The van der Waals surface area contributed by atoms with Gasteiger partial charge in [-0.25, -0.2) is 9.18 Å². The molecule has 7 heteroatoms. The molecule has 4 rings (SSSR count). The van der Waals surface area contributed by atoms with E-state index < -0.39 is 0 Å². The molecule has 0 saturated heterocycles. The summed E-state index contributed by atoms with van der Waals surface area (Å²) < 4.78 is 15.9. The first-order valence-electron chi connectivity index (χ1n) is 7.92.